The van der Waals surface area contributed by atoms with Crippen LogP contribution in [0.4, 0.5) is 5.00 Å². The topological polar surface area (TPSA) is 82.0 Å². The van der Waals surface area contributed by atoms with Gasteiger partial charge >= 0.3 is 0 Å². The van der Waals surface area contributed by atoms with Gasteiger partial charge in [0, 0.05) is 25.0 Å². The second-order valence-electron chi connectivity index (χ2n) is 4.92. The maximum absolute atomic E-state index is 12.0. The van der Waals surface area contributed by atoms with E-state index in [1.54, 1.807) is 30.0 Å². The minimum absolute atomic E-state index is 0.144. The summed E-state index contributed by atoms with van der Waals surface area (Å²) in [4.78, 5) is 23.6. The van der Waals surface area contributed by atoms with E-state index in [2.05, 4.69) is 16.7 Å². The molecule has 0 unspecified atom stereocenters. The molecule has 0 aliphatic heterocycles. The predicted octanol–water partition coefficient (Wildman–Crippen LogP) is 3.24. The molecule has 0 spiro atoms. The van der Waals surface area contributed by atoms with E-state index in [1.165, 1.54) is 18.3 Å². The molecule has 2 aromatic rings. The van der Waals surface area contributed by atoms with Crippen LogP contribution < -0.4 is 10.6 Å². The van der Waals surface area contributed by atoms with E-state index in [9.17, 15) is 9.59 Å². The lowest BCUT2D eigenvalue weighted by molar-refractivity contribution is -0.114. The van der Waals surface area contributed by atoms with Crippen molar-refractivity contribution in [3.8, 4) is 6.07 Å². The lowest BCUT2D eigenvalue weighted by Gasteiger charge is -2.05. The summed E-state index contributed by atoms with van der Waals surface area (Å²) in [6, 6.07) is 13.1. The van der Waals surface area contributed by atoms with Gasteiger partial charge in [0.1, 0.15) is 0 Å². The molecular formula is C17H17N3O2S2. The van der Waals surface area contributed by atoms with Crippen molar-refractivity contribution in [1.29, 1.82) is 5.26 Å². The molecule has 2 amide bonds. The first-order chi connectivity index (χ1) is 11.6. The zero-order chi connectivity index (χ0) is 17.4. The molecule has 1 aromatic carbocycles. The molecule has 0 radical (unpaired) electrons. The van der Waals surface area contributed by atoms with Crippen LogP contribution in [0, 0.1) is 11.3 Å². The Bertz CT molecular complexity index is 765. The van der Waals surface area contributed by atoms with E-state index in [-0.39, 0.29) is 11.8 Å². The average molecular weight is 359 g/mol. The number of hydrogen-bond donors (Lipinski definition) is 2. The number of nitriles is 1. The van der Waals surface area contributed by atoms with Gasteiger partial charge in [-0.05, 0) is 23.8 Å². The third kappa shape index (κ3) is 5.41. The zero-order valence-electron chi connectivity index (χ0n) is 13.2. The Balaban J connectivity index is 1.72. The second kappa shape index (κ2) is 9.11. The van der Waals surface area contributed by atoms with Gasteiger partial charge in [-0.25, -0.2) is 0 Å². The third-order valence-corrected chi connectivity index (χ3v) is 5.06. The van der Waals surface area contributed by atoms with Crippen molar-refractivity contribution >= 4 is 39.9 Å². The van der Waals surface area contributed by atoms with Crippen molar-refractivity contribution in [3.63, 3.8) is 0 Å². The molecule has 1 aromatic heterocycles. The van der Waals surface area contributed by atoms with Gasteiger partial charge in [-0.2, -0.15) is 17.0 Å². The maximum Gasteiger partial charge on any atom is 0.261 e. The third-order valence-electron chi connectivity index (χ3n) is 3.06. The molecule has 0 bridgehead atoms. The average Bonchev–Trinajstić information content (AvgIpc) is 3.02. The van der Waals surface area contributed by atoms with E-state index < -0.39 is 0 Å². The van der Waals surface area contributed by atoms with Crippen LogP contribution in [0.1, 0.15) is 27.7 Å². The molecule has 0 fully saturated rings. The van der Waals surface area contributed by atoms with Crippen LogP contribution in [-0.4, -0.2) is 24.1 Å². The fourth-order valence-electron chi connectivity index (χ4n) is 1.96. The van der Waals surface area contributed by atoms with Gasteiger partial charge in [-0.15, -0.1) is 11.3 Å². The summed E-state index contributed by atoms with van der Waals surface area (Å²) in [5, 5.41) is 15.2. The highest BCUT2D eigenvalue weighted by molar-refractivity contribution is 7.98. The highest BCUT2D eigenvalue weighted by atomic mass is 32.2. The number of nitrogens with one attached hydrogen (secondary N) is 2. The summed E-state index contributed by atoms with van der Waals surface area (Å²) in [5.74, 6) is 1.20. The number of nitrogens with zero attached hydrogens (tertiary/aromatic N) is 1. The number of amides is 2. The van der Waals surface area contributed by atoms with Crippen molar-refractivity contribution in [2.24, 2.45) is 0 Å². The summed E-state index contributed by atoms with van der Waals surface area (Å²) in [6.07, 6.45) is 0. The Morgan fingerprint density at radius 2 is 2.04 bits per heavy atom. The first-order valence-electron chi connectivity index (χ1n) is 7.31. The van der Waals surface area contributed by atoms with Gasteiger partial charge in [-0.1, -0.05) is 18.2 Å². The quantitative estimate of drug-likeness (QED) is 0.744. The first-order valence-corrected chi connectivity index (χ1v) is 9.28. The summed E-state index contributed by atoms with van der Waals surface area (Å²) in [7, 11) is 0. The standard InChI is InChI=1S/C17H17N3O2S2/c1-12(21)20-16-7-6-15(24-16)17(22)19-8-9-23-11-14-5-3-2-4-13(14)10-18/h2-7H,8-9,11H2,1H3,(H,19,22)(H,20,21). The van der Waals surface area contributed by atoms with Crippen LogP contribution in [0.15, 0.2) is 36.4 Å². The molecule has 7 heteroatoms. The molecule has 0 saturated heterocycles. The summed E-state index contributed by atoms with van der Waals surface area (Å²) < 4.78 is 0. The molecule has 24 heavy (non-hydrogen) atoms. The monoisotopic (exact) mass is 359 g/mol. The van der Waals surface area contributed by atoms with Crippen LogP contribution in [0.3, 0.4) is 0 Å². The number of benzene rings is 1. The number of thiophene rings is 1. The van der Waals surface area contributed by atoms with Gasteiger partial charge < -0.3 is 10.6 Å². The molecule has 124 valence electrons. The highest BCUT2D eigenvalue weighted by Crippen LogP contribution is 2.21. The number of thioether (sulfide) groups is 1. The Labute approximate surface area is 149 Å². The van der Waals surface area contributed by atoms with Crippen molar-refractivity contribution in [2.75, 3.05) is 17.6 Å². The minimum atomic E-state index is -0.155. The van der Waals surface area contributed by atoms with Crippen LogP contribution in [0.25, 0.3) is 0 Å². The Morgan fingerprint density at radius 3 is 2.79 bits per heavy atom. The van der Waals surface area contributed by atoms with E-state index in [0.717, 1.165) is 17.1 Å². The van der Waals surface area contributed by atoms with E-state index in [4.69, 9.17) is 5.26 Å². The smallest absolute Gasteiger partial charge is 0.261 e. The first kappa shape index (κ1) is 18.0. The highest BCUT2D eigenvalue weighted by Gasteiger charge is 2.09. The van der Waals surface area contributed by atoms with Gasteiger partial charge in [-0.3, -0.25) is 9.59 Å². The number of anilines is 1. The van der Waals surface area contributed by atoms with Crippen LogP contribution in [0.5, 0.6) is 0 Å². The molecule has 5 nitrogen and oxygen atoms in total. The fourth-order valence-corrected chi connectivity index (χ4v) is 3.69. The minimum Gasteiger partial charge on any atom is -0.351 e. The summed E-state index contributed by atoms with van der Waals surface area (Å²) in [5.41, 5.74) is 1.70. The number of carbonyl (C=O) groups excluding carboxylic acids is 2. The summed E-state index contributed by atoms with van der Waals surface area (Å²) in [6.45, 7) is 1.98. The van der Waals surface area contributed by atoms with Crippen LogP contribution >= 0.6 is 23.1 Å². The van der Waals surface area contributed by atoms with Crippen LogP contribution in [-0.2, 0) is 10.5 Å². The van der Waals surface area contributed by atoms with Crippen molar-refractivity contribution in [3.05, 3.63) is 52.4 Å². The lowest BCUT2D eigenvalue weighted by Crippen LogP contribution is -2.24. The van der Waals surface area contributed by atoms with Crippen LogP contribution in [0.2, 0.25) is 0 Å². The predicted molar refractivity (Wildman–Crippen MR) is 98.3 cm³/mol. The molecular weight excluding hydrogens is 342 g/mol. The second-order valence-corrected chi connectivity index (χ2v) is 7.11. The number of rotatable bonds is 7. The normalized spacial score (nSPS) is 10.0. The molecule has 0 aliphatic rings. The van der Waals surface area contributed by atoms with Gasteiger partial charge in [0.15, 0.2) is 0 Å². The summed E-state index contributed by atoms with van der Waals surface area (Å²) >= 11 is 2.92. The van der Waals surface area contributed by atoms with E-state index in [0.29, 0.717) is 22.0 Å². The molecule has 0 aliphatic carbocycles. The Hall–Kier alpha value is -2.30. The molecule has 2 rings (SSSR count). The largest absolute Gasteiger partial charge is 0.351 e. The Morgan fingerprint density at radius 1 is 1.25 bits per heavy atom. The van der Waals surface area contributed by atoms with Crippen molar-refractivity contribution < 1.29 is 9.59 Å². The molecule has 1 heterocycles. The molecule has 0 saturated carbocycles. The van der Waals surface area contributed by atoms with Crippen molar-refractivity contribution in [2.45, 2.75) is 12.7 Å². The van der Waals surface area contributed by atoms with Gasteiger partial charge in [0.25, 0.3) is 5.91 Å². The number of hydrogen-bond acceptors (Lipinski definition) is 5. The SMILES string of the molecule is CC(=O)Nc1ccc(C(=O)NCCSCc2ccccc2C#N)s1. The molecule has 2 N–H and O–H groups in total. The van der Waals surface area contributed by atoms with E-state index in [1.807, 2.05) is 18.2 Å². The molecule has 0 atom stereocenters. The fraction of sp³-hybridized carbons (Fsp3) is 0.235. The maximum atomic E-state index is 12.0. The number of carbonyl (C=O) groups is 2. The zero-order valence-corrected chi connectivity index (χ0v) is 14.8. The lowest BCUT2D eigenvalue weighted by atomic mass is 10.1. The van der Waals surface area contributed by atoms with E-state index >= 15 is 0 Å². The Kier molecular flexibility index (Phi) is 6.85. The van der Waals surface area contributed by atoms with Gasteiger partial charge in [0.05, 0.1) is 21.5 Å². The van der Waals surface area contributed by atoms with Crippen molar-refractivity contribution in [1.82, 2.24) is 5.32 Å². The van der Waals surface area contributed by atoms with Gasteiger partial charge in [0.2, 0.25) is 5.91 Å².